The van der Waals surface area contributed by atoms with Crippen LogP contribution in [-0.4, -0.2) is 33.0 Å². The van der Waals surface area contributed by atoms with Gasteiger partial charge < -0.3 is 15.0 Å². The minimum absolute atomic E-state index is 0.166. The van der Waals surface area contributed by atoms with Gasteiger partial charge in [-0.2, -0.15) is 0 Å². The van der Waals surface area contributed by atoms with Gasteiger partial charge in [-0.25, -0.2) is 0 Å². The Bertz CT molecular complexity index is 324. The molecule has 2 rings (SSSR count). The highest BCUT2D eigenvalue weighted by Gasteiger charge is 2.41. The number of nitrogens with zero attached hydrogens (tertiary/aromatic N) is 3. The maximum Gasteiger partial charge on any atom is 0.164 e. The first-order valence-corrected chi connectivity index (χ1v) is 4.92. The van der Waals surface area contributed by atoms with Crippen molar-refractivity contribution < 1.29 is 5.11 Å². The molecular formula is C9H16N4O. The van der Waals surface area contributed by atoms with Gasteiger partial charge in [-0.3, -0.25) is 0 Å². The van der Waals surface area contributed by atoms with E-state index in [9.17, 15) is 5.11 Å². The molecule has 1 aliphatic rings. The lowest BCUT2D eigenvalue weighted by molar-refractivity contribution is -0.0491. The summed E-state index contributed by atoms with van der Waals surface area (Å²) in [6.07, 6.45) is 2.32. The van der Waals surface area contributed by atoms with Gasteiger partial charge in [-0.05, 0) is 13.0 Å². The molecule has 1 aromatic heterocycles. The second kappa shape index (κ2) is 3.33. The van der Waals surface area contributed by atoms with Crippen molar-refractivity contribution in [2.24, 2.45) is 13.0 Å². The first kappa shape index (κ1) is 9.61. The lowest BCUT2D eigenvalue weighted by atomic mass is 9.82. The zero-order chi connectivity index (χ0) is 10.2. The van der Waals surface area contributed by atoms with E-state index >= 15 is 0 Å². The molecule has 0 saturated carbocycles. The van der Waals surface area contributed by atoms with Gasteiger partial charge in [0, 0.05) is 19.5 Å². The van der Waals surface area contributed by atoms with Crippen LogP contribution < -0.4 is 5.32 Å². The van der Waals surface area contributed by atoms with Crippen molar-refractivity contribution in [3.05, 3.63) is 12.2 Å². The van der Waals surface area contributed by atoms with Gasteiger partial charge in [-0.1, -0.05) is 6.92 Å². The van der Waals surface area contributed by atoms with Gasteiger partial charge in [0.1, 0.15) is 11.9 Å². The minimum Gasteiger partial charge on any atom is -0.381 e. The molecule has 0 aliphatic carbocycles. The molecule has 1 aliphatic heterocycles. The number of aryl methyl sites for hydroxylation is 1. The van der Waals surface area contributed by atoms with Crippen LogP contribution in [0.2, 0.25) is 0 Å². The lowest BCUT2D eigenvalue weighted by Gasteiger charge is -2.37. The quantitative estimate of drug-likeness (QED) is 0.643. The molecule has 2 atom stereocenters. The van der Waals surface area contributed by atoms with Crippen LogP contribution in [0.3, 0.4) is 0 Å². The Balaban J connectivity index is 2.34. The fourth-order valence-corrected chi connectivity index (χ4v) is 2.02. The van der Waals surface area contributed by atoms with E-state index in [1.165, 1.54) is 0 Å². The highest BCUT2D eigenvalue weighted by Crippen LogP contribution is 2.32. The summed E-state index contributed by atoms with van der Waals surface area (Å²) in [7, 11) is 1.86. The van der Waals surface area contributed by atoms with Crippen LogP contribution in [0.4, 0.5) is 0 Å². The van der Waals surface area contributed by atoms with Crippen molar-refractivity contribution >= 4 is 0 Å². The summed E-state index contributed by atoms with van der Waals surface area (Å²) < 4.78 is 1.79. The Morgan fingerprint density at radius 3 is 3.07 bits per heavy atom. The van der Waals surface area contributed by atoms with Crippen LogP contribution >= 0.6 is 0 Å². The Morgan fingerprint density at radius 2 is 2.50 bits per heavy atom. The largest absolute Gasteiger partial charge is 0.381 e. The monoisotopic (exact) mass is 196 g/mol. The molecule has 0 amide bonds. The third-order valence-corrected chi connectivity index (χ3v) is 3.05. The zero-order valence-electron chi connectivity index (χ0n) is 8.56. The topological polar surface area (TPSA) is 63.0 Å². The minimum atomic E-state index is -0.823. The smallest absolute Gasteiger partial charge is 0.164 e. The average molecular weight is 196 g/mol. The number of aromatic nitrogens is 3. The number of nitrogens with one attached hydrogen (secondary N) is 1. The van der Waals surface area contributed by atoms with Gasteiger partial charge in [0.15, 0.2) is 5.82 Å². The molecule has 0 radical (unpaired) electrons. The molecule has 0 spiro atoms. The summed E-state index contributed by atoms with van der Waals surface area (Å²) in [5.74, 6) is 0.839. The summed E-state index contributed by atoms with van der Waals surface area (Å²) in [6.45, 7) is 3.68. The van der Waals surface area contributed by atoms with Crippen molar-refractivity contribution in [3.8, 4) is 0 Å². The van der Waals surface area contributed by atoms with Crippen molar-refractivity contribution in [1.29, 1.82) is 0 Å². The summed E-state index contributed by atoms with van der Waals surface area (Å²) in [6, 6.07) is 0. The van der Waals surface area contributed by atoms with E-state index in [4.69, 9.17) is 0 Å². The predicted molar refractivity (Wildman–Crippen MR) is 51.6 cm³/mol. The van der Waals surface area contributed by atoms with Crippen LogP contribution in [0.25, 0.3) is 0 Å². The highest BCUT2D eigenvalue weighted by atomic mass is 16.3. The summed E-state index contributed by atoms with van der Waals surface area (Å²) in [4.78, 5) is 0. The van der Waals surface area contributed by atoms with E-state index in [0.717, 1.165) is 13.1 Å². The maximum atomic E-state index is 10.5. The van der Waals surface area contributed by atoms with Crippen LogP contribution in [0.15, 0.2) is 6.33 Å². The SMILES string of the molecule is CC1CNCCC1(O)c1nncn1C. The fraction of sp³-hybridized carbons (Fsp3) is 0.778. The van der Waals surface area contributed by atoms with Gasteiger partial charge in [-0.15, -0.1) is 10.2 Å². The number of aliphatic hydroxyl groups is 1. The normalized spacial score (nSPS) is 33.2. The Morgan fingerprint density at radius 1 is 1.71 bits per heavy atom. The van der Waals surface area contributed by atoms with Gasteiger partial charge in [0.2, 0.25) is 0 Å². The van der Waals surface area contributed by atoms with Gasteiger partial charge in [0.05, 0.1) is 0 Å². The first-order chi connectivity index (χ1) is 6.64. The van der Waals surface area contributed by atoms with Crippen LogP contribution in [0, 0.1) is 5.92 Å². The summed E-state index contributed by atoms with van der Waals surface area (Å²) >= 11 is 0. The maximum absolute atomic E-state index is 10.5. The van der Waals surface area contributed by atoms with E-state index < -0.39 is 5.60 Å². The van der Waals surface area contributed by atoms with Crippen LogP contribution in [-0.2, 0) is 12.6 Å². The molecule has 0 bridgehead atoms. The molecule has 1 aromatic rings. The molecule has 2 N–H and O–H groups in total. The lowest BCUT2D eigenvalue weighted by Crippen LogP contribution is -2.48. The zero-order valence-corrected chi connectivity index (χ0v) is 8.56. The number of rotatable bonds is 1. The predicted octanol–water partition coefficient (Wildman–Crippen LogP) is -0.368. The van der Waals surface area contributed by atoms with E-state index in [-0.39, 0.29) is 5.92 Å². The van der Waals surface area contributed by atoms with E-state index in [1.807, 2.05) is 14.0 Å². The second-order valence-corrected chi connectivity index (χ2v) is 4.04. The molecule has 1 saturated heterocycles. The molecule has 14 heavy (non-hydrogen) atoms. The highest BCUT2D eigenvalue weighted by molar-refractivity contribution is 5.06. The third kappa shape index (κ3) is 1.33. The van der Waals surface area contributed by atoms with Crippen LogP contribution in [0.1, 0.15) is 19.2 Å². The number of hydrogen-bond donors (Lipinski definition) is 2. The standard InChI is InChI=1S/C9H16N4O/c1-7-5-10-4-3-9(7,14)8-12-11-6-13(8)2/h6-7,10,14H,3-5H2,1-2H3. The average Bonchev–Trinajstić information content (AvgIpc) is 2.57. The number of piperidine rings is 1. The summed E-state index contributed by atoms with van der Waals surface area (Å²) in [5.41, 5.74) is -0.823. The Hall–Kier alpha value is -0.940. The summed E-state index contributed by atoms with van der Waals surface area (Å²) in [5, 5.41) is 21.6. The third-order valence-electron chi connectivity index (χ3n) is 3.05. The van der Waals surface area contributed by atoms with Gasteiger partial charge in [0.25, 0.3) is 0 Å². The molecule has 2 unspecified atom stereocenters. The van der Waals surface area contributed by atoms with Crippen molar-refractivity contribution in [2.75, 3.05) is 13.1 Å². The molecule has 78 valence electrons. The molecule has 5 heteroatoms. The first-order valence-electron chi connectivity index (χ1n) is 4.92. The van der Waals surface area contributed by atoms with E-state index in [1.54, 1.807) is 10.9 Å². The van der Waals surface area contributed by atoms with Crippen molar-refractivity contribution in [3.63, 3.8) is 0 Å². The van der Waals surface area contributed by atoms with Crippen LogP contribution in [0.5, 0.6) is 0 Å². The second-order valence-electron chi connectivity index (χ2n) is 4.04. The van der Waals surface area contributed by atoms with Crippen molar-refractivity contribution in [1.82, 2.24) is 20.1 Å². The molecule has 0 aromatic carbocycles. The Labute approximate surface area is 83.2 Å². The van der Waals surface area contributed by atoms with Gasteiger partial charge >= 0.3 is 0 Å². The van der Waals surface area contributed by atoms with Crippen molar-refractivity contribution in [2.45, 2.75) is 18.9 Å². The molecule has 5 nitrogen and oxygen atoms in total. The fourth-order valence-electron chi connectivity index (χ4n) is 2.02. The van der Waals surface area contributed by atoms with E-state index in [2.05, 4.69) is 15.5 Å². The number of hydrogen-bond acceptors (Lipinski definition) is 4. The molecule has 2 heterocycles. The Kier molecular flexibility index (Phi) is 2.28. The molecular weight excluding hydrogens is 180 g/mol. The molecule has 1 fully saturated rings. The van der Waals surface area contributed by atoms with E-state index in [0.29, 0.717) is 12.2 Å².